The molecule has 0 saturated heterocycles. The number of nitrogens with zero attached hydrogens (tertiary/aromatic N) is 4. The molecule has 3 rings (SSSR count). The molecule has 126 valence electrons. The van der Waals surface area contributed by atoms with Gasteiger partial charge in [0.05, 0.1) is 12.7 Å². The smallest absolute Gasteiger partial charge is 0.416 e. The summed E-state index contributed by atoms with van der Waals surface area (Å²) < 4.78 is 45.7. The first-order valence-electron chi connectivity index (χ1n) is 7.05. The highest BCUT2D eigenvalue weighted by Gasteiger charge is 2.33. The first-order chi connectivity index (χ1) is 11.4. The summed E-state index contributed by atoms with van der Waals surface area (Å²) >= 11 is 0. The van der Waals surface area contributed by atoms with Crippen LogP contribution in [0.5, 0.6) is 5.75 Å². The van der Waals surface area contributed by atoms with Crippen molar-refractivity contribution in [1.29, 1.82) is 0 Å². The Morgan fingerprint density at radius 1 is 1.17 bits per heavy atom. The van der Waals surface area contributed by atoms with E-state index in [9.17, 15) is 13.2 Å². The predicted octanol–water partition coefficient (Wildman–Crippen LogP) is 3.07. The molecule has 24 heavy (non-hydrogen) atoms. The average Bonchev–Trinajstić information content (AvgIpc) is 2.91. The Bertz CT molecular complexity index is 875. The van der Waals surface area contributed by atoms with Gasteiger partial charge in [-0.05, 0) is 36.8 Å². The first-order valence-corrected chi connectivity index (χ1v) is 7.05. The summed E-state index contributed by atoms with van der Waals surface area (Å²) in [5, 5.41) is 11.1. The van der Waals surface area contributed by atoms with Crippen LogP contribution in [0.3, 0.4) is 0 Å². The van der Waals surface area contributed by atoms with Gasteiger partial charge in [-0.1, -0.05) is 6.07 Å². The molecule has 0 saturated carbocycles. The van der Waals surface area contributed by atoms with Gasteiger partial charge >= 0.3 is 6.18 Å². The second-order valence-corrected chi connectivity index (χ2v) is 5.10. The van der Waals surface area contributed by atoms with Crippen LogP contribution >= 0.6 is 0 Å². The van der Waals surface area contributed by atoms with Crippen LogP contribution in [0.2, 0.25) is 0 Å². The molecule has 0 unspecified atom stereocenters. The number of hydrogen-bond donors (Lipinski definition) is 1. The Morgan fingerprint density at radius 3 is 2.67 bits per heavy atom. The van der Waals surface area contributed by atoms with Crippen LogP contribution in [0, 0.1) is 6.92 Å². The zero-order chi connectivity index (χ0) is 17.3. The third-order valence-corrected chi connectivity index (χ3v) is 3.40. The lowest BCUT2D eigenvalue weighted by molar-refractivity contribution is -0.138. The normalized spacial score (nSPS) is 11.7. The molecular weight excluding hydrogens is 323 g/mol. The van der Waals surface area contributed by atoms with E-state index in [-0.39, 0.29) is 17.9 Å². The first kappa shape index (κ1) is 16.0. The quantitative estimate of drug-likeness (QED) is 0.793. The third kappa shape index (κ3) is 3.24. The van der Waals surface area contributed by atoms with Gasteiger partial charge in [-0.15, -0.1) is 14.8 Å². The van der Waals surface area contributed by atoms with Crippen LogP contribution in [0.4, 0.5) is 19.0 Å². The minimum Gasteiger partial charge on any atom is -0.497 e. The molecule has 2 heterocycles. The number of benzene rings is 1. The Morgan fingerprint density at radius 2 is 1.96 bits per heavy atom. The van der Waals surface area contributed by atoms with Gasteiger partial charge in [0.1, 0.15) is 17.4 Å². The summed E-state index contributed by atoms with van der Waals surface area (Å²) in [5.41, 5.74) is -0.0783. The molecule has 1 N–H and O–H groups in total. The molecule has 0 bridgehead atoms. The van der Waals surface area contributed by atoms with Gasteiger partial charge in [-0.2, -0.15) is 13.2 Å². The third-order valence-electron chi connectivity index (χ3n) is 3.40. The van der Waals surface area contributed by atoms with E-state index in [2.05, 4.69) is 20.5 Å². The number of methoxy groups -OCH3 is 1. The van der Waals surface area contributed by atoms with Gasteiger partial charge in [0, 0.05) is 6.54 Å². The number of alkyl halides is 3. The summed E-state index contributed by atoms with van der Waals surface area (Å²) in [6, 6.07) is 7.18. The lowest BCUT2D eigenvalue weighted by Gasteiger charge is -2.15. The Labute approximate surface area is 135 Å². The van der Waals surface area contributed by atoms with E-state index in [0.29, 0.717) is 17.3 Å². The largest absolute Gasteiger partial charge is 0.497 e. The summed E-state index contributed by atoms with van der Waals surface area (Å²) in [6.45, 7) is 1.69. The van der Waals surface area contributed by atoms with Gasteiger partial charge in [-0.25, -0.2) is 4.98 Å². The zero-order valence-electron chi connectivity index (χ0n) is 12.9. The molecule has 2 aromatic heterocycles. The minimum absolute atomic E-state index is 0.0367. The molecule has 0 atom stereocenters. The van der Waals surface area contributed by atoms with Gasteiger partial charge in [0.25, 0.3) is 0 Å². The van der Waals surface area contributed by atoms with E-state index in [1.54, 1.807) is 19.1 Å². The molecule has 0 fully saturated rings. The summed E-state index contributed by atoms with van der Waals surface area (Å²) in [6.07, 6.45) is -4.47. The van der Waals surface area contributed by atoms with Crippen molar-refractivity contribution >= 4 is 11.5 Å². The number of halogens is 3. The summed E-state index contributed by atoms with van der Waals surface area (Å²) in [4.78, 5) is 4.14. The van der Waals surface area contributed by atoms with E-state index in [1.807, 2.05) is 0 Å². The van der Waals surface area contributed by atoms with Crippen LogP contribution in [-0.2, 0) is 12.7 Å². The zero-order valence-corrected chi connectivity index (χ0v) is 12.9. The van der Waals surface area contributed by atoms with E-state index in [0.717, 1.165) is 6.07 Å². The number of ether oxygens (including phenoxy) is 1. The maximum Gasteiger partial charge on any atom is 0.416 e. The highest BCUT2D eigenvalue weighted by molar-refractivity contribution is 5.45. The topological polar surface area (TPSA) is 64.3 Å². The number of aryl methyl sites for hydroxylation is 1. The summed E-state index contributed by atoms with van der Waals surface area (Å²) in [5.74, 6) is 1.12. The maximum atomic E-state index is 13.2. The molecule has 6 nitrogen and oxygen atoms in total. The predicted molar refractivity (Wildman–Crippen MR) is 80.8 cm³/mol. The van der Waals surface area contributed by atoms with E-state index < -0.39 is 11.7 Å². The number of hydrogen-bond acceptors (Lipinski definition) is 5. The molecule has 0 aliphatic carbocycles. The van der Waals surface area contributed by atoms with Gasteiger partial charge in [0.2, 0.25) is 0 Å². The van der Waals surface area contributed by atoms with Crippen molar-refractivity contribution in [2.45, 2.75) is 19.6 Å². The number of aromatic nitrogens is 4. The number of anilines is 1. The molecule has 0 aliphatic heterocycles. The highest BCUT2D eigenvalue weighted by atomic mass is 19.4. The highest BCUT2D eigenvalue weighted by Crippen LogP contribution is 2.34. The van der Waals surface area contributed by atoms with Gasteiger partial charge in [-0.3, -0.25) is 0 Å². The van der Waals surface area contributed by atoms with Crippen molar-refractivity contribution in [2.75, 3.05) is 12.4 Å². The van der Waals surface area contributed by atoms with Crippen molar-refractivity contribution < 1.29 is 17.9 Å². The Balaban J connectivity index is 1.84. The minimum atomic E-state index is -4.47. The lowest BCUT2D eigenvalue weighted by atomic mass is 10.1. The van der Waals surface area contributed by atoms with Crippen molar-refractivity contribution in [1.82, 2.24) is 19.8 Å². The fraction of sp³-hybridized carbons (Fsp3) is 0.267. The fourth-order valence-corrected chi connectivity index (χ4v) is 2.27. The fourth-order valence-electron chi connectivity index (χ4n) is 2.27. The second-order valence-electron chi connectivity index (χ2n) is 5.10. The van der Waals surface area contributed by atoms with Crippen molar-refractivity contribution in [3.8, 4) is 5.75 Å². The molecular formula is C15H14F3N5O. The molecule has 0 amide bonds. The number of nitrogens with one attached hydrogen (secondary N) is 1. The molecule has 0 aliphatic rings. The molecule has 0 spiro atoms. The van der Waals surface area contributed by atoms with Gasteiger partial charge in [0.15, 0.2) is 5.65 Å². The molecule has 1 aromatic carbocycles. The SMILES string of the molecule is COc1ccc(CNc2ccc3nc(C)nn3n2)c(C(F)(F)F)c1. The number of rotatable bonds is 4. The van der Waals surface area contributed by atoms with E-state index in [4.69, 9.17) is 4.74 Å². The lowest BCUT2D eigenvalue weighted by Crippen LogP contribution is -2.13. The van der Waals surface area contributed by atoms with Crippen LogP contribution < -0.4 is 10.1 Å². The second kappa shape index (κ2) is 5.99. The van der Waals surface area contributed by atoms with Crippen molar-refractivity contribution in [2.24, 2.45) is 0 Å². The van der Waals surface area contributed by atoms with E-state index >= 15 is 0 Å². The Hall–Kier alpha value is -2.84. The molecule has 0 radical (unpaired) electrons. The standard InChI is InChI=1S/C15H14F3N5O/c1-9-20-14-6-5-13(22-23(14)21-9)19-8-10-3-4-11(24-2)7-12(10)15(16,17)18/h3-7H,8H2,1-2H3,(H,19,22). The van der Waals surface area contributed by atoms with Crippen molar-refractivity contribution in [3.05, 3.63) is 47.3 Å². The van der Waals surface area contributed by atoms with Crippen LogP contribution in [-0.4, -0.2) is 26.9 Å². The van der Waals surface area contributed by atoms with Crippen molar-refractivity contribution in [3.63, 3.8) is 0 Å². The average molecular weight is 337 g/mol. The number of fused-ring (bicyclic) bond motifs is 1. The molecule has 3 aromatic rings. The van der Waals surface area contributed by atoms with Crippen LogP contribution in [0.1, 0.15) is 17.0 Å². The van der Waals surface area contributed by atoms with Crippen LogP contribution in [0.15, 0.2) is 30.3 Å². The monoisotopic (exact) mass is 337 g/mol. The van der Waals surface area contributed by atoms with Gasteiger partial charge < -0.3 is 10.1 Å². The van der Waals surface area contributed by atoms with Crippen LogP contribution in [0.25, 0.3) is 5.65 Å². The maximum absolute atomic E-state index is 13.2. The van der Waals surface area contributed by atoms with E-state index in [1.165, 1.54) is 23.9 Å². The molecule has 9 heteroatoms. The summed E-state index contributed by atoms with van der Waals surface area (Å²) in [7, 11) is 1.33. The Kier molecular flexibility index (Phi) is 4.00.